The fraction of sp³-hybridized carbons (Fsp3) is 0.423. The lowest BCUT2D eigenvalue weighted by molar-refractivity contribution is 0.0600. The summed E-state index contributed by atoms with van der Waals surface area (Å²) in [6.45, 7) is 8.55. The molecule has 1 aliphatic carbocycles. The summed E-state index contributed by atoms with van der Waals surface area (Å²) >= 11 is 1.49. The maximum atomic E-state index is 13.4. The third-order valence-electron chi connectivity index (χ3n) is 7.04. The summed E-state index contributed by atoms with van der Waals surface area (Å²) in [6.07, 6.45) is 3.83. The molecule has 6 nitrogen and oxygen atoms in total. The molecule has 0 aliphatic heterocycles. The standard InChI is InChI=1S/C26H30N2O4S/c1-6-26(3,4)17-12-13-18-19(14-17)33-24(21(18)25(30)31-5)27-23(29)20-15(2)32-28-22(20)16-10-8-7-9-11-16/h7-11,17H,6,12-14H2,1-5H3,(H,27,29)/t17-/m0/s1. The molecule has 2 aromatic heterocycles. The Labute approximate surface area is 198 Å². The van der Waals surface area contributed by atoms with Crippen LogP contribution >= 0.6 is 11.3 Å². The number of ether oxygens (including phenoxy) is 1. The number of rotatable bonds is 6. The molecule has 3 aromatic rings. The fourth-order valence-corrected chi connectivity index (χ4v) is 5.86. The van der Waals surface area contributed by atoms with Gasteiger partial charge in [0, 0.05) is 10.4 Å². The SMILES string of the molecule is CCC(C)(C)[C@H]1CCc2c(sc(NC(=O)c3c(-c4ccccc4)noc3C)c2C(=O)OC)C1. The van der Waals surface area contributed by atoms with E-state index < -0.39 is 5.97 Å². The van der Waals surface area contributed by atoms with E-state index in [0.29, 0.717) is 33.5 Å². The van der Waals surface area contributed by atoms with Gasteiger partial charge in [0.15, 0.2) is 0 Å². The Morgan fingerprint density at radius 1 is 1.24 bits per heavy atom. The van der Waals surface area contributed by atoms with E-state index in [9.17, 15) is 9.59 Å². The van der Waals surface area contributed by atoms with Gasteiger partial charge in [-0.1, -0.05) is 62.7 Å². The van der Waals surface area contributed by atoms with Crippen molar-refractivity contribution in [2.24, 2.45) is 11.3 Å². The first kappa shape index (κ1) is 23.2. The van der Waals surface area contributed by atoms with Crippen LogP contribution in [-0.4, -0.2) is 24.1 Å². The number of carbonyl (C=O) groups excluding carboxylic acids is 2. The normalized spacial score (nSPS) is 15.7. The minimum Gasteiger partial charge on any atom is -0.465 e. The lowest BCUT2D eigenvalue weighted by Crippen LogP contribution is -2.28. The zero-order valence-electron chi connectivity index (χ0n) is 19.8. The van der Waals surface area contributed by atoms with Gasteiger partial charge < -0.3 is 14.6 Å². The van der Waals surface area contributed by atoms with Crippen LogP contribution in [0.2, 0.25) is 0 Å². The highest BCUT2D eigenvalue weighted by atomic mass is 32.1. The summed E-state index contributed by atoms with van der Waals surface area (Å²) in [5.74, 6) is 0.202. The number of anilines is 1. The molecule has 0 unspecified atom stereocenters. The number of hydrogen-bond acceptors (Lipinski definition) is 6. The molecule has 33 heavy (non-hydrogen) atoms. The van der Waals surface area contributed by atoms with Gasteiger partial charge in [0.05, 0.1) is 12.7 Å². The van der Waals surface area contributed by atoms with E-state index in [0.717, 1.165) is 41.7 Å². The van der Waals surface area contributed by atoms with Crippen molar-refractivity contribution < 1.29 is 18.8 Å². The second-order valence-corrected chi connectivity index (χ2v) is 10.4. The van der Waals surface area contributed by atoms with Crippen molar-refractivity contribution in [2.45, 2.75) is 53.4 Å². The molecule has 1 N–H and O–H groups in total. The second kappa shape index (κ2) is 9.14. The molecule has 0 saturated heterocycles. The van der Waals surface area contributed by atoms with Gasteiger partial charge in [-0.15, -0.1) is 11.3 Å². The molecule has 1 atom stereocenters. The summed E-state index contributed by atoms with van der Waals surface area (Å²) < 4.78 is 10.4. The first-order valence-electron chi connectivity index (χ1n) is 11.3. The summed E-state index contributed by atoms with van der Waals surface area (Å²) in [5, 5.41) is 7.63. The maximum Gasteiger partial charge on any atom is 0.341 e. The molecule has 174 valence electrons. The van der Waals surface area contributed by atoms with E-state index >= 15 is 0 Å². The molecule has 0 bridgehead atoms. The molecular weight excluding hydrogens is 436 g/mol. The van der Waals surface area contributed by atoms with Crippen molar-refractivity contribution in [1.29, 1.82) is 0 Å². The summed E-state index contributed by atoms with van der Waals surface area (Å²) in [5.41, 5.74) is 3.36. The molecule has 7 heteroatoms. The molecule has 0 saturated carbocycles. The third kappa shape index (κ3) is 4.34. The van der Waals surface area contributed by atoms with Crippen LogP contribution in [0, 0.1) is 18.3 Å². The Balaban J connectivity index is 1.69. The maximum absolute atomic E-state index is 13.4. The van der Waals surface area contributed by atoms with Crippen LogP contribution in [0.5, 0.6) is 0 Å². The number of amides is 1. The van der Waals surface area contributed by atoms with Crippen molar-refractivity contribution in [2.75, 3.05) is 12.4 Å². The van der Waals surface area contributed by atoms with Crippen LogP contribution in [0.1, 0.15) is 70.5 Å². The lowest BCUT2D eigenvalue weighted by Gasteiger charge is -2.36. The molecule has 1 amide bonds. The number of aromatic nitrogens is 1. The van der Waals surface area contributed by atoms with Gasteiger partial charge in [0.2, 0.25) is 0 Å². The quantitative estimate of drug-likeness (QED) is 0.432. The molecule has 0 fully saturated rings. The predicted molar refractivity (Wildman–Crippen MR) is 130 cm³/mol. The van der Waals surface area contributed by atoms with Crippen molar-refractivity contribution in [3.8, 4) is 11.3 Å². The number of methoxy groups -OCH3 is 1. The number of nitrogens with one attached hydrogen (secondary N) is 1. The minimum atomic E-state index is -0.415. The number of esters is 1. The van der Waals surface area contributed by atoms with Gasteiger partial charge in [-0.05, 0) is 43.1 Å². The van der Waals surface area contributed by atoms with Crippen LogP contribution in [0.3, 0.4) is 0 Å². The Morgan fingerprint density at radius 2 is 1.97 bits per heavy atom. The number of nitrogens with zero attached hydrogens (tertiary/aromatic N) is 1. The zero-order chi connectivity index (χ0) is 23.8. The largest absolute Gasteiger partial charge is 0.465 e. The van der Waals surface area contributed by atoms with Crippen LogP contribution in [-0.2, 0) is 17.6 Å². The molecule has 1 aromatic carbocycles. The first-order chi connectivity index (χ1) is 15.8. The van der Waals surface area contributed by atoms with Crippen LogP contribution in [0.25, 0.3) is 11.3 Å². The Kier molecular flexibility index (Phi) is 6.43. The van der Waals surface area contributed by atoms with E-state index in [1.165, 1.54) is 18.4 Å². The highest BCUT2D eigenvalue weighted by Crippen LogP contribution is 2.46. The Hall–Kier alpha value is -2.93. The van der Waals surface area contributed by atoms with Gasteiger partial charge in [-0.25, -0.2) is 4.79 Å². The molecule has 4 rings (SSSR count). The van der Waals surface area contributed by atoms with E-state index in [-0.39, 0.29) is 11.3 Å². The van der Waals surface area contributed by atoms with E-state index in [1.807, 2.05) is 30.3 Å². The van der Waals surface area contributed by atoms with Gasteiger partial charge in [-0.3, -0.25) is 4.79 Å². The van der Waals surface area contributed by atoms with Gasteiger partial charge in [0.25, 0.3) is 5.91 Å². The first-order valence-corrected chi connectivity index (χ1v) is 12.1. The van der Waals surface area contributed by atoms with Crippen LogP contribution in [0.15, 0.2) is 34.9 Å². The minimum absolute atomic E-state index is 0.223. The second-order valence-electron chi connectivity index (χ2n) is 9.26. The highest BCUT2D eigenvalue weighted by molar-refractivity contribution is 7.17. The topological polar surface area (TPSA) is 81.4 Å². The Morgan fingerprint density at radius 3 is 2.64 bits per heavy atom. The Bertz CT molecular complexity index is 1180. The average molecular weight is 467 g/mol. The molecular formula is C26H30N2O4S. The predicted octanol–water partition coefficient (Wildman–Crippen LogP) is 6.29. The van der Waals surface area contributed by atoms with Crippen molar-refractivity contribution in [3.63, 3.8) is 0 Å². The van der Waals surface area contributed by atoms with Crippen molar-refractivity contribution >= 4 is 28.2 Å². The fourth-order valence-electron chi connectivity index (χ4n) is 4.55. The van der Waals surface area contributed by atoms with Crippen LogP contribution < -0.4 is 5.32 Å². The van der Waals surface area contributed by atoms with Gasteiger partial charge >= 0.3 is 5.97 Å². The van der Waals surface area contributed by atoms with E-state index in [2.05, 4.69) is 31.2 Å². The average Bonchev–Trinajstić information content (AvgIpc) is 3.38. The van der Waals surface area contributed by atoms with Crippen molar-refractivity contribution in [1.82, 2.24) is 5.16 Å². The van der Waals surface area contributed by atoms with Crippen molar-refractivity contribution in [3.05, 3.63) is 57.7 Å². The number of hydrogen-bond donors (Lipinski definition) is 1. The number of thiophene rings is 1. The lowest BCUT2D eigenvalue weighted by atomic mass is 9.69. The summed E-state index contributed by atoms with van der Waals surface area (Å²) in [4.78, 5) is 27.3. The monoisotopic (exact) mass is 466 g/mol. The third-order valence-corrected chi connectivity index (χ3v) is 8.21. The van der Waals surface area contributed by atoms with Gasteiger partial charge in [-0.2, -0.15) is 0 Å². The summed E-state index contributed by atoms with van der Waals surface area (Å²) in [6, 6.07) is 9.44. The van der Waals surface area contributed by atoms with E-state index in [4.69, 9.17) is 9.26 Å². The number of aryl methyl sites for hydroxylation is 1. The van der Waals surface area contributed by atoms with Gasteiger partial charge in [0.1, 0.15) is 22.0 Å². The zero-order valence-corrected chi connectivity index (χ0v) is 20.6. The van der Waals surface area contributed by atoms with E-state index in [1.54, 1.807) is 6.92 Å². The number of carbonyl (C=O) groups is 2. The molecule has 1 aliphatic rings. The molecule has 2 heterocycles. The van der Waals surface area contributed by atoms with Crippen LogP contribution in [0.4, 0.5) is 5.00 Å². The molecule has 0 spiro atoms. The highest BCUT2D eigenvalue weighted by Gasteiger charge is 2.36. The summed E-state index contributed by atoms with van der Waals surface area (Å²) in [7, 11) is 1.38. The number of benzene rings is 1. The molecule has 0 radical (unpaired) electrons. The number of fused-ring (bicyclic) bond motifs is 1. The smallest absolute Gasteiger partial charge is 0.341 e.